The Morgan fingerprint density at radius 2 is 2.08 bits per heavy atom. The van der Waals surface area contributed by atoms with Gasteiger partial charge in [-0.3, -0.25) is 9.20 Å². The lowest BCUT2D eigenvalue weighted by molar-refractivity contribution is 0.102. The molecule has 0 fully saturated rings. The van der Waals surface area contributed by atoms with E-state index in [1.54, 1.807) is 41.2 Å². The largest absolute Gasteiger partial charge is 0.497 e. The molecule has 130 valence electrons. The number of anilines is 1. The second kappa shape index (κ2) is 6.82. The van der Waals surface area contributed by atoms with E-state index in [9.17, 15) is 4.79 Å². The molecule has 4 aromatic rings. The van der Waals surface area contributed by atoms with Gasteiger partial charge in [-0.05, 0) is 30.3 Å². The molecular formula is C19H14ClN3O2S. The molecule has 0 aliphatic rings. The number of halogens is 1. The van der Waals surface area contributed by atoms with Gasteiger partial charge in [-0.1, -0.05) is 29.8 Å². The third-order valence-corrected chi connectivity index (χ3v) is 4.96. The van der Waals surface area contributed by atoms with Gasteiger partial charge in [-0.2, -0.15) is 0 Å². The molecule has 1 amide bonds. The molecule has 5 nitrogen and oxygen atoms in total. The van der Waals surface area contributed by atoms with Gasteiger partial charge in [0.25, 0.3) is 5.91 Å². The molecule has 0 saturated carbocycles. The first-order valence-corrected chi connectivity index (χ1v) is 9.08. The van der Waals surface area contributed by atoms with Gasteiger partial charge in [0.15, 0.2) is 4.96 Å². The Balaban J connectivity index is 1.66. The topological polar surface area (TPSA) is 55.6 Å². The van der Waals surface area contributed by atoms with Gasteiger partial charge in [-0.15, -0.1) is 11.3 Å². The minimum atomic E-state index is -0.215. The van der Waals surface area contributed by atoms with Crippen LogP contribution >= 0.6 is 22.9 Å². The fourth-order valence-electron chi connectivity index (χ4n) is 2.63. The molecule has 0 spiro atoms. The van der Waals surface area contributed by atoms with Crippen molar-refractivity contribution in [2.75, 3.05) is 12.4 Å². The van der Waals surface area contributed by atoms with Crippen molar-refractivity contribution in [2.45, 2.75) is 0 Å². The average molecular weight is 384 g/mol. The van der Waals surface area contributed by atoms with Crippen LogP contribution in [0.3, 0.4) is 0 Å². The molecule has 7 heteroatoms. The van der Waals surface area contributed by atoms with Crippen LogP contribution in [0.25, 0.3) is 16.2 Å². The van der Waals surface area contributed by atoms with Crippen molar-refractivity contribution in [3.8, 4) is 17.0 Å². The highest BCUT2D eigenvalue weighted by Crippen LogP contribution is 2.26. The molecule has 4 rings (SSSR count). The SMILES string of the molecule is COc1cccc(-c2cn3c(C(=O)Nc4cccc(Cl)c4)csc3n2)c1. The van der Waals surface area contributed by atoms with Gasteiger partial charge < -0.3 is 10.1 Å². The van der Waals surface area contributed by atoms with Crippen LogP contribution in [-0.4, -0.2) is 22.4 Å². The Bertz CT molecular complexity index is 1100. The van der Waals surface area contributed by atoms with Crippen LogP contribution in [0.4, 0.5) is 5.69 Å². The lowest BCUT2D eigenvalue weighted by Crippen LogP contribution is -2.13. The monoisotopic (exact) mass is 383 g/mol. The maximum Gasteiger partial charge on any atom is 0.273 e. The van der Waals surface area contributed by atoms with E-state index in [0.29, 0.717) is 16.4 Å². The van der Waals surface area contributed by atoms with Gasteiger partial charge in [0, 0.05) is 27.9 Å². The second-order valence-electron chi connectivity index (χ2n) is 5.60. The van der Waals surface area contributed by atoms with Crippen LogP contribution in [0.5, 0.6) is 5.75 Å². The quantitative estimate of drug-likeness (QED) is 0.541. The minimum absolute atomic E-state index is 0.215. The molecule has 0 aliphatic heterocycles. The van der Waals surface area contributed by atoms with E-state index in [1.165, 1.54) is 11.3 Å². The van der Waals surface area contributed by atoms with Crippen molar-refractivity contribution in [3.63, 3.8) is 0 Å². The minimum Gasteiger partial charge on any atom is -0.497 e. The number of ether oxygens (including phenoxy) is 1. The number of hydrogen-bond acceptors (Lipinski definition) is 4. The summed E-state index contributed by atoms with van der Waals surface area (Å²) in [6.45, 7) is 0. The van der Waals surface area contributed by atoms with E-state index in [2.05, 4.69) is 10.3 Å². The molecule has 0 bridgehead atoms. The van der Waals surface area contributed by atoms with Crippen LogP contribution in [-0.2, 0) is 0 Å². The summed E-state index contributed by atoms with van der Waals surface area (Å²) in [5.74, 6) is 0.547. The summed E-state index contributed by atoms with van der Waals surface area (Å²) in [5.41, 5.74) is 2.88. The second-order valence-corrected chi connectivity index (χ2v) is 6.87. The first-order chi connectivity index (χ1) is 12.6. The predicted molar refractivity (Wildman–Crippen MR) is 104 cm³/mol. The molecule has 1 N–H and O–H groups in total. The number of imidazole rings is 1. The van der Waals surface area contributed by atoms with Crippen molar-refractivity contribution >= 4 is 39.5 Å². The normalized spacial score (nSPS) is 10.8. The Morgan fingerprint density at radius 1 is 1.23 bits per heavy atom. The first-order valence-electron chi connectivity index (χ1n) is 7.82. The van der Waals surface area contributed by atoms with E-state index in [0.717, 1.165) is 22.0 Å². The molecule has 2 heterocycles. The Labute approximate surface area is 158 Å². The van der Waals surface area contributed by atoms with E-state index in [4.69, 9.17) is 16.3 Å². The zero-order chi connectivity index (χ0) is 18.1. The summed E-state index contributed by atoms with van der Waals surface area (Å²) in [6, 6.07) is 14.7. The third-order valence-electron chi connectivity index (χ3n) is 3.89. The molecular weight excluding hydrogens is 370 g/mol. The third kappa shape index (κ3) is 3.16. The fraction of sp³-hybridized carbons (Fsp3) is 0.0526. The van der Waals surface area contributed by atoms with Crippen LogP contribution in [0.2, 0.25) is 5.02 Å². The highest BCUT2D eigenvalue weighted by molar-refractivity contribution is 7.15. The molecule has 0 saturated heterocycles. The maximum atomic E-state index is 12.6. The lowest BCUT2D eigenvalue weighted by Gasteiger charge is -2.04. The Kier molecular flexibility index (Phi) is 4.36. The summed E-state index contributed by atoms with van der Waals surface area (Å²) in [6.07, 6.45) is 1.85. The van der Waals surface area contributed by atoms with Crippen molar-refractivity contribution in [2.24, 2.45) is 0 Å². The van der Waals surface area contributed by atoms with Crippen molar-refractivity contribution in [3.05, 3.63) is 70.8 Å². The summed E-state index contributed by atoms with van der Waals surface area (Å²) in [5, 5.41) is 5.22. The number of methoxy groups -OCH3 is 1. The zero-order valence-electron chi connectivity index (χ0n) is 13.8. The van der Waals surface area contributed by atoms with E-state index in [-0.39, 0.29) is 5.91 Å². The molecule has 2 aromatic heterocycles. The van der Waals surface area contributed by atoms with Gasteiger partial charge in [-0.25, -0.2) is 4.98 Å². The van der Waals surface area contributed by atoms with E-state index < -0.39 is 0 Å². The maximum absolute atomic E-state index is 12.6. The summed E-state index contributed by atoms with van der Waals surface area (Å²) >= 11 is 7.38. The Morgan fingerprint density at radius 3 is 2.88 bits per heavy atom. The van der Waals surface area contributed by atoms with Crippen LogP contribution in [0.15, 0.2) is 60.1 Å². The van der Waals surface area contributed by atoms with Gasteiger partial charge in [0.05, 0.1) is 12.8 Å². The first kappa shape index (κ1) is 16.6. The lowest BCUT2D eigenvalue weighted by atomic mass is 10.1. The highest BCUT2D eigenvalue weighted by Gasteiger charge is 2.15. The summed E-state index contributed by atoms with van der Waals surface area (Å²) < 4.78 is 7.05. The van der Waals surface area contributed by atoms with E-state index >= 15 is 0 Å². The number of hydrogen-bond donors (Lipinski definition) is 1. The van der Waals surface area contributed by atoms with Crippen LogP contribution in [0, 0.1) is 0 Å². The number of rotatable bonds is 4. The van der Waals surface area contributed by atoms with E-state index in [1.807, 2.05) is 30.5 Å². The number of amides is 1. The number of nitrogens with zero attached hydrogens (tertiary/aromatic N) is 2. The average Bonchev–Trinajstić information content (AvgIpc) is 3.22. The Hall–Kier alpha value is -2.83. The summed E-state index contributed by atoms with van der Waals surface area (Å²) in [4.78, 5) is 18.0. The number of fused-ring (bicyclic) bond motifs is 1. The van der Waals surface area contributed by atoms with Crippen molar-refractivity contribution in [1.29, 1.82) is 0 Å². The fourth-order valence-corrected chi connectivity index (χ4v) is 3.67. The van der Waals surface area contributed by atoms with Crippen LogP contribution < -0.4 is 10.1 Å². The number of carbonyl (C=O) groups is 1. The zero-order valence-corrected chi connectivity index (χ0v) is 15.3. The number of carbonyl (C=O) groups excluding carboxylic acids is 1. The van der Waals surface area contributed by atoms with Crippen molar-refractivity contribution in [1.82, 2.24) is 9.38 Å². The van der Waals surface area contributed by atoms with Crippen molar-refractivity contribution < 1.29 is 9.53 Å². The van der Waals surface area contributed by atoms with Gasteiger partial charge in [0.2, 0.25) is 0 Å². The number of aromatic nitrogens is 2. The predicted octanol–water partition coefficient (Wildman–Crippen LogP) is 4.98. The molecule has 0 atom stereocenters. The molecule has 0 radical (unpaired) electrons. The number of nitrogens with one attached hydrogen (secondary N) is 1. The standard InChI is InChI=1S/C19H14ClN3O2S/c1-25-15-7-2-4-12(8-15)16-10-23-17(11-26-19(23)22-16)18(24)21-14-6-3-5-13(20)9-14/h2-11H,1H3,(H,21,24). The number of thiazole rings is 1. The van der Waals surface area contributed by atoms with Crippen LogP contribution in [0.1, 0.15) is 10.5 Å². The molecule has 0 unspecified atom stereocenters. The van der Waals surface area contributed by atoms with Gasteiger partial charge in [0.1, 0.15) is 11.4 Å². The summed E-state index contributed by atoms with van der Waals surface area (Å²) in [7, 11) is 1.63. The highest BCUT2D eigenvalue weighted by atomic mass is 35.5. The molecule has 26 heavy (non-hydrogen) atoms. The molecule has 0 aliphatic carbocycles. The molecule has 2 aromatic carbocycles. The number of benzene rings is 2. The smallest absolute Gasteiger partial charge is 0.273 e. The van der Waals surface area contributed by atoms with Gasteiger partial charge >= 0.3 is 0 Å².